The molecule has 0 aromatic heterocycles. The number of hydrogen-bond donors (Lipinski definition) is 2. The zero-order chi connectivity index (χ0) is 12.3. The van der Waals surface area contributed by atoms with Crippen molar-refractivity contribution in [3.05, 3.63) is 0 Å². The molecule has 0 radical (unpaired) electrons. The van der Waals surface area contributed by atoms with Gasteiger partial charge in [0, 0.05) is 13.0 Å². The first-order valence-corrected chi connectivity index (χ1v) is 6.02. The normalized spacial score (nSPS) is 26.6. The summed E-state index contributed by atoms with van der Waals surface area (Å²) in [6, 6.07) is 0. The van der Waals surface area contributed by atoms with Crippen molar-refractivity contribution >= 4 is 12.1 Å². The average molecular weight is 242 g/mol. The van der Waals surface area contributed by atoms with E-state index in [2.05, 4.69) is 10.2 Å². The maximum atomic E-state index is 10.9. The molecular weight excluding hydrogens is 224 g/mol. The van der Waals surface area contributed by atoms with Crippen LogP contribution in [0.5, 0.6) is 0 Å². The quantitative estimate of drug-likeness (QED) is 0.740. The van der Waals surface area contributed by atoms with Gasteiger partial charge >= 0.3 is 12.1 Å². The summed E-state index contributed by atoms with van der Waals surface area (Å²) in [5.74, 6) is -0.412. The van der Waals surface area contributed by atoms with E-state index in [1.807, 2.05) is 0 Å². The molecule has 2 saturated heterocycles. The molecule has 2 fully saturated rings. The molecule has 2 aliphatic heterocycles. The molecule has 2 aliphatic rings. The molecule has 0 aromatic carbocycles. The molecule has 0 saturated carbocycles. The Morgan fingerprint density at radius 3 is 2.71 bits per heavy atom. The molecule has 0 aromatic rings. The molecule has 2 N–H and O–H groups in total. The van der Waals surface area contributed by atoms with Gasteiger partial charge in [-0.1, -0.05) is 0 Å². The van der Waals surface area contributed by atoms with Gasteiger partial charge in [0.25, 0.3) is 0 Å². The minimum absolute atomic E-state index is 0.0569. The highest BCUT2D eigenvalue weighted by Gasteiger charge is 2.27. The summed E-state index contributed by atoms with van der Waals surface area (Å²) in [6.07, 6.45) is 1.71. The summed E-state index contributed by atoms with van der Waals surface area (Å²) in [7, 11) is 0. The molecule has 6 heteroatoms. The van der Waals surface area contributed by atoms with E-state index in [9.17, 15) is 9.59 Å². The van der Waals surface area contributed by atoms with E-state index in [1.54, 1.807) is 0 Å². The average Bonchev–Trinajstić information content (AvgIpc) is 2.66. The lowest BCUT2D eigenvalue weighted by Crippen LogP contribution is -2.40. The van der Waals surface area contributed by atoms with E-state index in [0.717, 1.165) is 32.5 Å². The second kappa shape index (κ2) is 5.35. The number of amides is 1. The molecule has 6 nitrogen and oxygen atoms in total. The van der Waals surface area contributed by atoms with E-state index >= 15 is 0 Å². The summed E-state index contributed by atoms with van der Waals surface area (Å²) in [5.41, 5.74) is 0. The Hall–Kier alpha value is -1.30. The Morgan fingerprint density at radius 1 is 1.47 bits per heavy atom. The van der Waals surface area contributed by atoms with Crippen molar-refractivity contribution in [2.75, 3.05) is 26.2 Å². The van der Waals surface area contributed by atoms with Crippen LogP contribution >= 0.6 is 0 Å². The number of nitrogens with one attached hydrogen (secondary N) is 1. The second-order valence-corrected chi connectivity index (χ2v) is 4.75. The smallest absolute Gasteiger partial charge is 0.407 e. The van der Waals surface area contributed by atoms with Crippen molar-refractivity contribution < 1.29 is 19.4 Å². The predicted octanol–water partition coefficient (Wildman–Crippen LogP) is 0.281. The van der Waals surface area contributed by atoms with Crippen LogP contribution in [0.3, 0.4) is 0 Å². The third-order valence-electron chi connectivity index (χ3n) is 3.38. The van der Waals surface area contributed by atoms with Crippen LogP contribution in [0.15, 0.2) is 0 Å². The van der Waals surface area contributed by atoms with E-state index in [4.69, 9.17) is 9.84 Å². The standard InChI is InChI=1S/C11H18N2O4/c14-10(15)5-8-1-3-13(4-2-8)7-9-6-12-11(16)17-9/h8-9H,1-7H2,(H,12,16)(H,14,15). The third kappa shape index (κ3) is 3.59. The lowest BCUT2D eigenvalue weighted by Gasteiger charge is -2.32. The van der Waals surface area contributed by atoms with Gasteiger partial charge < -0.3 is 15.2 Å². The zero-order valence-corrected chi connectivity index (χ0v) is 9.72. The van der Waals surface area contributed by atoms with Crippen molar-refractivity contribution in [2.24, 2.45) is 5.92 Å². The highest BCUT2D eigenvalue weighted by atomic mass is 16.6. The minimum Gasteiger partial charge on any atom is -0.481 e. The van der Waals surface area contributed by atoms with Crippen LogP contribution in [-0.2, 0) is 9.53 Å². The van der Waals surface area contributed by atoms with Gasteiger partial charge in [0.15, 0.2) is 0 Å². The number of carboxylic acids is 1. The number of carbonyl (C=O) groups excluding carboxylic acids is 1. The topological polar surface area (TPSA) is 78.9 Å². The molecule has 1 atom stereocenters. The largest absolute Gasteiger partial charge is 0.481 e. The van der Waals surface area contributed by atoms with Gasteiger partial charge in [0.05, 0.1) is 6.54 Å². The van der Waals surface area contributed by atoms with Gasteiger partial charge in [-0.25, -0.2) is 4.79 Å². The Labute approximate surface area is 99.9 Å². The number of aliphatic carboxylic acids is 1. The summed E-state index contributed by atoms with van der Waals surface area (Å²) in [6.45, 7) is 3.12. The Kier molecular flexibility index (Phi) is 3.83. The lowest BCUT2D eigenvalue weighted by molar-refractivity contribution is -0.138. The van der Waals surface area contributed by atoms with Crippen molar-refractivity contribution in [1.82, 2.24) is 10.2 Å². The van der Waals surface area contributed by atoms with Crippen LogP contribution in [0.4, 0.5) is 4.79 Å². The molecule has 96 valence electrons. The van der Waals surface area contributed by atoms with E-state index < -0.39 is 5.97 Å². The number of carboxylic acid groups (broad SMARTS) is 1. The van der Waals surface area contributed by atoms with Crippen molar-refractivity contribution in [2.45, 2.75) is 25.4 Å². The zero-order valence-electron chi connectivity index (χ0n) is 9.72. The van der Waals surface area contributed by atoms with Crippen LogP contribution in [-0.4, -0.2) is 54.4 Å². The van der Waals surface area contributed by atoms with Gasteiger partial charge in [0.2, 0.25) is 0 Å². The molecule has 0 aliphatic carbocycles. The van der Waals surface area contributed by atoms with Crippen LogP contribution in [0.25, 0.3) is 0 Å². The van der Waals surface area contributed by atoms with Gasteiger partial charge in [-0.15, -0.1) is 0 Å². The maximum Gasteiger partial charge on any atom is 0.407 e. The molecule has 0 spiro atoms. The SMILES string of the molecule is O=C(O)CC1CCN(CC2CNC(=O)O2)CC1. The molecule has 2 heterocycles. The van der Waals surface area contributed by atoms with Crippen LogP contribution in [0.1, 0.15) is 19.3 Å². The van der Waals surface area contributed by atoms with Crippen LogP contribution in [0.2, 0.25) is 0 Å². The first kappa shape index (κ1) is 12.2. The Morgan fingerprint density at radius 2 is 2.18 bits per heavy atom. The first-order valence-electron chi connectivity index (χ1n) is 6.02. The third-order valence-corrected chi connectivity index (χ3v) is 3.38. The number of alkyl carbamates (subject to hydrolysis) is 1. The number of carbonyl (C=O) groups is 2. The van der Waals surface area contributed by atoms with Gasteiger partial charge in [-0.05, 0) is 31.8 Å². The predicted molar refractivity (Wildman–Crippen MR) is 59.7 cm³/mol. The summed E-state index contributed by atoms with van der Waals surface area (Å²) >= 11 is 0. The van der Waals surface area contributed by atoms with E-state index in [0.29, 0.717) is 12.5 Å². The molecular formula is C11H18N2O4. The molecule has 0 bridgehead atoms. The first-order chi connectivity index (χ1) is 8.13. The number of likely N-dealkylation sites (tertiary alicyclic amines) is 1. The van der Waals surface area contributed by atoms with Crippen LogP contribution in [0, 0.1) is 5.92 Å². The van der Waals surface area contributed by atoms with Crippen LogP contribution < -0.4 is 5.32 Å². The van der Waals surface area contributed by atoms with E-state index in [1.165, 1.54) is 0 Å². The number of ether oxygens (including phenoxy) is 1. The monoisotopic (exact) mass is 242 g/mol. The van der Waals surface area contributed by atoms with Crippen molar-refractivity contribution in [3.63, 3.8) is 0 Å². The van der Waals surface area contributed by atoms with Crippen molar-refractivity contribution in [1.29, 1.82) is 0 Å². The number of hydrogen-bond acceptors (Lipinski definition) is 4. The summed E-state index contributed by atoms with van der Waals surface area (Å²) < 4.78 is 5.07. The minimum atomic E-state index is -0.711. The molecule has 17 heavy (non-hydrogen) atoms. The summed E-state index contributed by atoms with van der Waals surface area (Å²) in [4.78, 5) is 23.7. The second-order valence-electron chi connectivity index (χ2n) is 4.75. The molecule has 2 rings (SSSR count). The fraction of sp³-hybridized carbons (Fsp3) is 0.818. The summed E-state index contributed by atoms with van der Waals surface area (Å²) in [5, 5.41) is 11.3. The highest BCUT2D eigenvalue weighted by molar-refractivity contribution is 5.69. The van der Waals surface area contributed by atoms with Crippen molar-refractivity contribution in [3.8, 4) is 0 Å². The number of piperidine rings is 1. The Bertz CT molecular complexity index is 300. The number of rotatable bonds is 4. The van der Waals surface area contributed by atoms with Gasteiger partial charge in [-0.3, -0.25) is 9.69 Å². The Balaban J connectivity index is 1.68. The van der Waals surface area contributed by atoms with Gasteiger partial charge in [-0.2, -0.15) is 0 Å². The maximum absolute atomic E-state index is 10.9. The lowest BCUT2D eigenvalue weighted by atomic mass is 9.93. The number of nitrogens with zero attached hydrogens (tertiary/aromatic N) is 1. The highest BCUT2D eigenvalue weighted by Crippen LogP contribution is 2.20. The van der Waals surface area contributed by atoms with E-state index in [-0.39, 0.29) is 18.6 Å². The fourth-order valence-corrected chi connectivity index (χ4v) is 2.44. The molecule has 1 unspecified atom stereocenters. The van der Waals surface area contributed by atoms with Gasteiger partial charge in [0.1, 0.15) is 6.10 Å². The molecule has 1 amide bonds. The number of cyclic esters (lactones) is 1. The fourth-order valence-electron chi connectivity index (χ4n) is 2.44.